The third-order valence-corrected chi connectivity index (χ3v) is 5.52. The Hall–Kier alpha value is -2.45. The fourth-order valence-corrected chi connectivity index (χ4v) is 4.08. The molecule has 0 aliphatic carbocycles. The predicted octanol–water partition coefficient (Wildman–Crippen LogP) is 1.52. The van der Waals surface area contributed by atoms with Gasteiger partial charge in [-0.15, -0.1) is 0 Å². The smallest absolute Gasteiger partial charge is 0.272 e. The van der Waals surface area contributed by atoms with Crippen molar-refractivity contribution in [3.05, 3.63) is 57.0 Å². The number of anilines is 1. The lowest BCUT2D eigenvalue weighted by molar-refractivity contribution is -0.118. The number of benzene rings is 1. The van der Waals surface area contributed by atoms with Crippen LogP contribution < -0.4 is 15.5 Å². The molecule has 4 rings (SSSR count). The second kappa shape index (κ2) is 7.52. The zero-order chi connectivity index (χ0) is 19.8. The minimum absolute atomic E-state index is 0.0494. The fourth-order valence-electron chi connectivity index (χ4n) is 3.84. The molecule has 1 saturated heterocycles. The first-order valence-corrected chi connectivity index (χ1v) is 9.54. The number of halogens is 2. The van der Waals surface area contributed by atoms with Crippen LogP contribution in [0.4, 0.5) is 10.1 Å². The summed E-state index contributed by atoms with van der Waals surface area (Å²) in [5.74, 6) is -0.338. The van der Waals surface area contributed by atoms with Gasteiger partial charge in [-0.25, -0.2) is 14.1 Å². The molecule has 0 spiro atoms. The molecule has 2 aromatic rings. The van der Waals surface area contributed by atoms with E-state index >= 15 is 0 Å². The second-order valence-corrected chi connectivity index (χ2v) is 7.31. The Morgan fingerprint density at radius 1 is 1.32 bits per heavy atom. The summed E-state index contributed by atoms with van der Waals surface area (Å²) >= 11 is 6.09. The van der Waals surface area contributed by atoms with Crippen LogP contribution in [0, 0.1) is 5.82 Å². The van der Waals surface area contributed by atoms with Gasteiger partial charge < -0.3 is 14.6 Å². The molecule has 7 nitrogen and oxygen atoms in total. The Kier molecular flexibility index (Phi) is 5.07. The molecule has 3 heterocycles. The molecule has 0 N–H and O–H groups in total. The molecule has 148 valence electrons. The van der Waals surface area contributed by atoms with Crippen molar-refractivity contribution in [1.82, 2.24) is 9.66 Å². The van der Waals surface area contributed by atoms with Crippen LogP contribution in [-0.2, 0) is 22.4 Å². The molecule has 0 saturated carbocycles. The quantitative estimate of drug-likeness (QED) is 0.773. The lowest BCUT2D eigenvalue weighted by Gasteiger charge is -2.31. The fraction of sp³-hybridized carbons (Fsp3) is 0.421. The van der Waals surface area contributed by atoms with E-state index in [1.54, 1.807) is 11.0 Å². The highest BCUT2D eigenvalue weighted by Gasteiger charge is 2.34. The van der Waals surface area contributed by atoms with E-state index in [2.05, 4.69) is 4.98 Å². The van der Waals surface area contributed by atoms with Crippen molar-refractivity contribution in [2.24, 2.45) is 0 Å². The summed E-state index contributed by atoms with van der Waals surface area (Å²) in [4.78, 5) is 31.5. The van der Waals surface area contributed by atoms with Crippen LogP contribution in [-0.4, -0.2) is 47.9 Å². The number of rotatable bonds is 3. The molecule has 1 aromatic heterocycles. The predicted molar refractivity (Wildman–Crippen MR) is 103 cm³/mol. The van der Waals surface area contributed by atoms with E-state index in [1.807, 2.05) is 11.9 Å². The van der Waals surface area contributed by atoms with Gasteiger partial charge in [0.15, 0.2) is 0 Å². The van der Waals surface area contributed by atoms with Crippen molar-refractivity contribution in [3.8, 4) is 0 Å². The Balaban J connectivity index is 1.65. The van der Waals surface area contributed by atoms with Crippen molar-refractivity contribution in [1.29, 1.82) is 0 Å². The van der Waals surface area contributed by atoms with Gasteiger partial charge in [0.2, 0.25) is 5.91 Å². The molecule has 2 aliphatic heterocycles. The summed E-state index contributed by atoms with van der Waals surface area (Å²) in [6, 6.07) is 4.06. The van der Waals surface area contributed by atoms with Crippen LogP contribution in [0.2, 0.25) is 5.02 Å². The van der Waals surface area contributed by atoms with Crippen LogP contribution in [0.3, 0.4) is 0 Å². The molecule has 1 amide bonds. The van der Waals surface area contributed by atoms with E-state index < -0.39 is 5.82 Å². The summed E-state index contributed by atoms with van der Waals surface area (Å²) in [7, 11) is 0. The molecule has 0 bridgehead atoms. The zero-order valence-electron chi connectivity index (χ0n) is 15.4. The van der Waals surface area contributed by atoms with Gasteiger partial charge in [0.05, 0.1) is 37.7 Å². The van der Waals surface area contributed by atoms with Crippen LogP contribution in [0.15, 0.2) is 29.2 Å². The maximum absolute atomic E-state index is 13.8. The highest BCUT2D eigenvalue weighted by atomic mass is 35.5. The number of hydrogen-bond acceptors (Lipinski definition) is 5. The summed E-state index contributed by atoms with van der Waals surface area (Å²) in [5, 5.41) is 1.90. The standard InChI is InChI=1S/C19H20ClFN4O3/c1-12-10-13-15(3-2-14(21)19(13)20)24(12)18(27)11-16-22-5-4-17(26)25(16)23-6-8-28-9-7-23/h2-5,12H,6-11H2,1H3. The topological polar surface area (TPSA) is 67.7 Å². The molecule has 28 heavy (non-hydrogen) atoms. The Labute approximate surface area is 166 Å². The van der Waals surface area contributed by atoms with E-state index in [0.717, 1.165) is 0 Å². The summed E-state index contributed by atoms with van der Waals surface area (Å²) < 4.78 is 20.6. The number of morpholine rings is 1. The number of aromatic nitrogens is 2. The minimum atomic E-state index is -0.493. The van der Waals surface area contributed by atoms with Gasteiger partial charge in [-0.3, -0.25) is 9.59 Å². The average molecular weight is 407 g/mol. The van der Waals surface area contributed by atoms with Crippen LogP contribution >= 0.6 is 11.6 Å². The first kappa shape index (κ1) is 18.9. The molecule has 1 atom stereocenters. The Bertz CT molecular complexity index is 974. The number of amides is 1. The largest absolute Gasteiger partial charge is 0.378 e. The van der Waals surface area contributed by atoms with Gasteiger partial charge in [0, 0.05) is 24.0 Å². The van der Waals surface area contributed by atoms with Gasteiger partial charge >= 0.3 is 0 Å². The maximum atomic E-state index is 13.8. The molecule has 1 aromatic carbocycles. The van der Waals surface area contributed by atoms with Crippen molar-refractivity contribution >= 4 is 23.2 Å². The first-order chi connectivity index (χ1) is 13.5. The highest BCUT2D eigenvalue weighted by molar-refractivity contribution is 6.32. The molecule has 0 radical (unpaired) electrons. The monoisotopic (exact) mass is 406 g/mol. The third-order valence-electron chi connectivity index (χ3n) is 5.11. The third kappa shape index (κ3) is 3.27. The lowest BCUT2D eigenvalue weighted by atomic mass is 10.1. The van der Waals surface area contributed by atoms with Crippen molar-refractivity contribution in [2.75, 3.05) is 36.2 Å². The van der Waals surface area contributed by atoms with Gasteiger partial charge in [-0.1, -0.05) is 11.6 Å². The number of nitrogens with zero attached hydrogens (tertiary/aromatic N) is 4. The van der Waals surface area contributed by atoms with E-state index in [-0.39, 0.29) is 29.0 Å². The zero-order valence-corrected chi connectivity index (χ0v) is 16.2. The maximum Gasteiger partial charge on any atom is 0.272 e. The molecular formula is C19H20ClFN4O3. The number of hydrogen-bond donors (Lipinski definition) is 0. The summed E-state index contributed by atoms with van der Waals surface area (Å²) in [5.41, 5.74) is 1.01. The summed E-state index contributed by atoms with van der Waals surface area (Å²) in [6.45, 7) is 4.00. The van der Waals surface area contributed by atoms with Crippen molar-refractivity contribution in [2.45, 2.75) is 25.8 Å². The molecule has 2 aliphatic rings. The van der Waals surface area contributed by atoms with Crippen LogP contribution in [0.5, 0.6) is 0 Å². The number of ether oxygens (including phenoxy) is 1. The van der Waals surface area contributed by atoms with Gasteiger partial charge in [0.1, 0.15) is 11.6 Å². The normalized spacial score (nSPS) is 19.0. The van der Waals surface area contributed by atoms with E-state index in [4.69, 9.17) is 16.3 Å². The van der Waals surface area contributed by atoms with E-state index in [1.165, 1.54) is 23.0 Å². The highest BCUT2D eigenvalue weighted by Crippen LogP contribution is 2.38. The summed E-state index contributed by atoms with van der Waals surface area (Å²) in [6.07, 6.45) is 1.85. The molecule has 1 unspecified atom stereocenters. The number of carbonyl (C=O) groups is 1. The number of fused-ring (bicyclic) bond motifs is 1. The average Bonchev–Trinajstić information content (AvgIpc) is 3.02. The Morgan fingerprint density at radius 3 is 2.82 bits per heavy atom. The molecular weight excluding hydrogens is 387 g/mol. The van der Waals surface area contributed by atoms with Crippen LogP contribution in [0.25, 0.3) is 0 Å². The van der Waals surface area contributed by atoms with Crippen molar-refractivity contribution < 1.29 is 13.9 Å². The van der Waals surface area contributed by atoms with E-state index in [9.17, 15) is 14.0 Å². The minimum Gasteiger partial charge on any atom is -0.378 e. The number of carbonyl (C=O) groups excluding carboxylic acids is 1. The van der Waals surface area contributed by atoms with Crippen LogP contribution in [0.1, 0.15) is 18.3 Å². The SMILES string of the molecule is CC1Cc2c(ccc(F)c2Cl)N1C(=O)Cc1nccc(=O)n1N1CCOCC1. The molecule has 1 fully saturated rings. The molecule has 9 heteroatoms. The van der Waals surface area contributed by atoms with Crippen molar-refractivity contribution in [3.63, 3.8) is 0 Å². The van der Waals surface area contributed by atoms with Gasteiger partial charge in [0.25, 0.3) is 5.56 Å². The second-order valence-electron chi connectivity index (χ2n) is 6.93. The lowest BCUT2D eigenvalue weighted by Crippen LogP contribution is -2.51. The van der Waals surface area contributed by atoms with Gasteiger partial charge in [-0.2, -0.15) is 0 Å². The van der Waals surface area contributed by atoms with E-state index in [0.29, 0.717) is 49.8 Å². The Morgan fingerprint density at radius 2 is 2.07 bits per heavy atom. The van der Waals surface area contributed by atoms with Gasteiger partial charge in [-0.05, 0) is 31.0 Å². The first-order valence-electron chi connectivity index (χ1n) is 9.16.